The molecule has 31 heavy (non-hydrogen) atoms. The molecule has 1 aliphatic heterocycles. The van der Waals surface area contributed by atoms with E-state index in [9.17, 15) is 4.39 Å². The first-order valence-electron chi connectivity index (χ1n) is 10.8. The lowest BCUT2D eigenvalue weighted by molar-refractivity contribution is 0.152. The topological polar surface area (TPSA) is 63.2 Å². The van der Waals surface area contributed by atoms with Crippen molar-refractivity contribution in [3.05, 3.63) is 41.2 Å². The van der Waals surface area contributed by atoms with Gasteiger partial charge in [0.25, 0.3) is 0 Å². The van der Waals surface area contributed by atoms with Crippen LogP contribution in [0.15, 0.2) is 24.4 Å². The second-order valence-corrected chi connectivity index (χ2v) is 14.8. The van der Waals surface area contributed by atoms with E-state index in [0.29, 0.717) is 5.82 Å². The molecule has 1 aliphatic rings. The Morgan fingerprint density at radius 1 is 1.23 bits per heavy atom. The molecule has 1 atom stereocenters. The second kappa shape index (κ2) is 9.38. The normalized spacial score (nSPS) is 17.0. The maximum atomic E-state index is 13.1. The summed E-state index contributed by atoms with van der Waals surface area (Å²) in [5, 5.41) is 3.69. The molecule has 2 aromatic rings. The SMILES string of the molecule is C[C@H](Nc1cc(N2CCC(O[Si](C)(C)C(C)(C)C)CC2)nc(Cl)n1)c1ccc(F)cn1. The second-order valence-electron chi connectivity index (χ2n) is 9.71. The Balaban J connectivity index is 1.64. The number of anilines is 2. The minimum atomic E-state index is -1.77. The first-order valence-corrected chi connectivity index (χ1v) is 14.1. The maximum absolute atomic E-state index is 13.1. The van der Waals surface area contributed by atoms with Gasteiger partial charge in [0.15, 0.2) is 8.32 Å². The van der Waals surface area contributed by atoms with Crippen molar-refractivity contribution in [3.63, 3.8) is 0 Å². The summed E-state index contributed by atoms with van der Waals surface area (Å²) in [5.41, 5.74) is 0.723. The van der Waals surface area contributed by atoms with Crippen molar-refractivity contribution >= 4 is 31.6 Å². The van der Waals surface area contributed by atoms with Gasteiger partial charge in [-0.15, -0.1) is 0 Å². The number of halogens is 2. The van der Waals surface area contributed by atoms with Gasteiger partial charge in [-0.2, -0.15) is 0 Å². The lowest BCUT2D eigenvalue weighted by Gasteiger charge is -2.42. The van der Waals surface area contributed by atoms with Crippen molar-refractivity contribution in [2.45, 2.75) is 70.8 Å². The summed E-state index contributed by atoms with van der Waals surface area (Å²) in [6, 6.07) is 4.81. The Labute approximate surface area is 190 Å². The Hall–Kier alpha value is -1.77. The van der Waals surface area contributed by atoms with Crippen LogP contribution in [-0.4, -0.2) is 42.5 Å². The number of pyridine rings is 1. The van der Waals surface area contributed by atoms with Gasteiger partial charge in [-0.05, 0) is 61.6 Å². The van der Waals surface area contributed by atoms with Crippen LogP contribution in [-0.2, 0) is 4.43 Å². The molecule has 0 amide bonds. The van der Waals surface area contributed by atoms with Gasteiger partial charge in [-0.3, -0.25) is 4.98 Å². The van der Waals surface area contributed by atoms with Crippen LogP contribution in [0, 0.1) is 5.82 Å². The van der Waals surface area contributed by atoms with Crippen LogP contribution >= 0.6 is 11.6 Å². The number of aromatic nitrogens is 3. The van der Waals surface area contributed by atoms with E-state index in [1.54, 1.807) is 6.07 Å². The number of hydrogen-bond acceptors (Lipinski definition) is 6. The van der Waals surface area contributed by atoms with E-state index >= 15 is 0 Å². The molecule has 0 aromatic carbocycles. The van der Waals surface area contributed by atoms with Crippen LogP contribution in [0.25, 0.3) is 0 Å². The molecule has 0 saturated carbocycles. The van der Waals surface area contributed by atoms with Gasteiger partial charge in [0, 0.05) is 25.3 Å². The van der Waals surface area contributed by atoms with Gasteiger partial charge in [-0.25, -0.2) is 14.4 Å². The molecule has 0 unspecified atom stereocenters. The van der Waals surface area contributed by atoms with Crippen molar-refractivity contribution in [2.24, 2.45) is 0 Å². The van der Waals surface area contributed by atoms with E-state index in [4.69, 9.17) is 16.0 Å². The lowest BCUT2D eigenvalue weighted by Crippen LogP contribution is -2.47. The number of nitrogens with zero attached hydrogens (tertiary/aromatic N) is 4. The molecule has 9 heteroatoms. The van der Waals surface area contributed by atoms with Crippen LogP contribution in [0.1, 0.15) is 52.3 Å². The summed E-state index contributed by atoms with van der Waals surface area (Å²) in [5.74, 6) is 1.06. The van der Waals surface area contributed by atoms with E-state index in [1.807, 2.05) is 13.0 Å². The van der Waals surface area contributed by atoms with Crippen LogP contribution in [0.2, 0.25) is 23.4 Å². The molecular weight excluding hydrogens is 433 g/mol. The molecule has 170 valence electrons. The summed E-state index contributed by atoms with van der Waals surface area (Å²) in [6.45, 7) is 15.1. The van der Waals surface area contributed by atoms with E-state index in [1.165, 1.54) is 12.3 Å². The molecule has 6 nitrogen and oxygen atoms in total. The summed E-state index contributed by atoms with van der Waals surface area (Å²) in [4.78, 5) is 15.1. The average Bonchev–Trinajstić information content (AvgIpc) is 2.67. The first kappa shape index (κ1) is 23.9. The van der Waals surface area contributed by atoms with Gasteiger partial charge < -0.3 is 14.6 Å². The molecule has 3 heterocycles. The van der Waals surface area contributed by atoms with Crippen molar-refractivity contribution in [2.75, 3.05) is 23.3 Å². The highest BCUT2D eigenvalue weighted by molar-refractivity contribution is 6.74. The molecule has 0 spiro atoms. The number of hydrogen-bond donors (Lipinski definition) is 1. The van der Waals surface area contributed by atoms with Gasteiger partial charge in [0.05, 0.1) is 17.9 Å². The van der Waals surface area contributed by atoms with Crippen molar-refractivity contribution in [1.29, 1.82) is 0 Å². The van der Waals surface area contributed by atoms with E-state index in [2.05, 4.69) is 59.0 Å². The summed E-state index contributed by atoms with van der Waals surface area (Å²) < 4.78 is 19.7. The van der Waals surface area contributed by atoms with Crippen LogP contribution in [0.5, 0.6) is 0 Å². The first-order chi connectivity index (χ1) is 14.4. The van der Waals surface area contributed by atoms with Crippen molar-refractivity contribution < 1.29 is 8.82 Å². The molecule has 2 aromatic heterocycles. The minimum Gasteiger partial charge on any atom is -0.414 e. The highest BCUT2D eigenvalue weighted by atomic mass is 35.5. The number of piperidine rings is 1. The van der Waals surface area contributed by atoms with Crippen LogP contribution in [0.4, 0.5) is 16.0 Å². The fourth-order valence-electron chi connectivity index (χ4n) is 3.38. The minimum absolute atomic E-state index is 0.150. The predicted molar refractivity (Wildman–Crippen MR) is 127 cm³/mol. The molecule has 0 radical (unpaired) electrons. The van der Waals surface area contributed by atoms with Crippen molar-refractivity contribution in [3.8, 4) is 0 Å². The molecule has 1 fully saturated rings. The van der Waals surface area contributed by atoms with Crippen LogP contribution < -0.4 is 10.2 Å². The fraction of sp³-hybridized carbons (Fsp3) is 0.591. The quantitative estimate of drug-likeness (QED) is 0.427. The third-order valence-corrected chi connectivity index (χ3v) is 11.0. The molecule has 0 bridgehead atoms. The van der Waals surface area contributed by atoms with Gasteiger partial charge in [0.2, 0.25) is 5.28 Å². The monoisotopic (exact) mass is 465 g/mol. The Bertz CT molecular complexity index is 882. The van der Waals surface area contributed by atoms with E-state index in [0.717, 1.165) is 37.4 Å². The zero-order valence-corrected chi connectivity index (χ0v) is 21.0. The van der Waals surface area contributed by atoms with E-state index in [-0.39, 0.29) is 28.3 Å². The smallest absolute Gasteiger partial charge is 0.226 e. The maximum Gasteiger partial charge on any atom is 0.226 e. The van der Waals surface area contributed by atoms with Crippen LogP contribution in [0.3, 0.4) is 0 Å². The molecular formula is C22H33ClFN5OSi. The summed E-state index contributed by atoms with van der Waals surface area (Å²) in [7, 11) is -1.77. The molecule has 1 N–H and O–H groups in total. The zero-order chi connectivity index (χ0) is 22.8. The van der Waals surface area contributed by atoms with Gasteiger partial charge >= 0.3 is 0 Å². The fourth-order valence-corrected chi connectivity index (χ4v) is 4.98. The Morgan fingerprint density at radius 2 is 1.90 bits per heavy atom. The lowest BCUT2D eigenvalue weighted by atomic mass is 10.1. The van der Waals surface area contributed by atoms with Gasteiger partial charge in [0.1, 0.15) is 17.5 Å². The van der Waals surface area contributed by atoms with E-state index < -0.39 is 8.32 Å². The van der Waals surface area contributed by atoms with Crippen molar-refractivity contribution in [1.82, 2.24) is 15.0 Å². The number of rotatable bonds is 6. The standard InChI is InChI=1S/C22H33ClFN5OSi/c1-15(18-8-7-16(24)14-25-18)26-19-13-20(28-21(23)27-19)29-11-9-17(10-12-29)30-31(5,6)22(2,3)4/h7-8,13-15,17H,9-12H2,1-6H3,(H,26,27,28)/t15-/m0/s1. The third-order valence-electron chi connectivity index (χ3n) is 6.28. The largest absolute Gasteiger partial charge is 0.414 e. The molecule has 3 rings (SSSR count). The Morgan fingerprint density at radius 3 is 2.48 bits per heavy atom. The summed E-state index contributed by atoms with van der Waals surface area (Å²) >= 11 is 6.21. The predicted octanol–water partition coefficient (Wildman–Crippen LogP) is 5.83. The summed E-state index contributed by atoms with van der Waals surface area (Å²) in [6.07, 6.45) is 3.43. The highest BCUT2D eigenvalue weighted by Crippen LogP contribution is 2.38. The molecule has 0 aliphatic carbocycles. The third kappa shape index (κ3) is 6.14. The number of nitrogens with one attached hydrogen (secondary N) is 1. The highest BCUT2D eigenvalue weighted by Gasteiger charge is 2.39. The average molecular weight is 466 g/mol. The Kier molecular flexibility index (Phi) is 7.23. The molecule has 1 saturated heterocycles. The zero-order valence-electron chi connectivity index (χ0n) is 19.2. The van der Waals surface area contributed by atoms with Gasteiger partial charge in [-0.1, -0.05) is 20.8 Å².